The van der Waals surface area contributed by atoms with Crippen molar-refractivity contribution in [3.63, 3.8) is 0 Å². The number of sulfonamides is 1. The molecule has 0 bridgehead atoms. The van der Waals surface area contributed by atoms with Gasteiger partial charge >= 0.3 is 0 Å². The second kappa shape index (κ2) is 4.92. The number of rotatable bonds is 4. The van der Waals surface area contributed by atoms with E-state index in [0.717, 1.165) is 6.07 Å². The summed E-state index contributed by atoms with van der Waals surface area (Å²) >= 11 is 5.36. The Hall–Kier alpha value is -0.650. The molecular weight excluding hydrogens is 241 g/mol. The van der Waals surface area contributed by atoms with Crippen LogP contribution in [0.3, 0.4) is 0 Å². The Kier molecular flexibility index (Phi) is 4.07. The highest BCUT2D eigenvalue weighted by Gasteiger charge is 2.13. The molecule has 0 heterocycles. The molecule has 0 aromatic heterocycles. The first-order valence-electron chi connectivity index (χ1n) is 4.29. The number of hydrogen-bond acceptors (Lipinski definition) is 2. The third kappa shape index (κ3) is 3.15. The zero-order valence-electron chi connectivity index (χ0n) is 8.13. The fourth-order valence-electron chi connectivity index (χ4n) is 1.04. The summed E-state index contributed by atoms with van der Waals surface area (Å²) in [5, 5.41) is 0. The summed E-state index contributed by atoms with van der Waals surface area (Å²) in [6.45, 7) is 1.66. The van der Waals surface area contributed by atoms with Crippen molar-refractivity contribution in [1.82, 2.24) is 4.72 Å². The molecule has 0 fully saturated rings. The fourth-order valence-corrected chi connectivity index (χ4v) is 2.36. The van der Waals surface area contributed by atoms with Crippen molar-refractivity contribution in [3.05, 3.63) is 29.6 Å². The summed E-state index contributed by atoms with van der Waals surface area (Å²) in [6, 6.07) is 3.63. The third-order valence-electron chi connectivity index (χ3n) is 1.83. The summed E-state index contributed by atoms with van der Waals surface area (Å²) in [6.07, 6.45) is 0. The van der Waals surface area contributed by atoms with Gasteiger partial charge in [0.05, 0.1) is 4.90 Å². The van der Waals surface area contributed by atoms with E-state index in [-0.39, 0.29) is 17.3 Å². The molecule has 0 aliphatic carbocycles. The van der Waals surface area contributed by atoms with Gasteiger partial charge in [-0.3, -0.25) is 0 Å². The molecular formula is C9H11ClFNO2S. The molecule has 0 saturated carbocycles. The van der Waals surface area contributed by atoms with E-state index in [1.54, 1.807) is 0 Å². The highest BCUT2D eigenvalue weighted by molar-refractivity contribution is 7.89. The van der Waals surface area contributed by atoms with Gasteiger partial charge < -0.3 is 0 Å². The van der Waals surface area contributed by atoms with Crippen LogP contribution in [0.15, 0.2) is 23.1 Å². The first kappa shape index (κ1) is 12.4. The Labute approximate surface area is 93.3 Å². The summed E-state index contributed by atoms with van der Waals surface area (Å²) in [7, 11) is -3.56. The van der Waals surface area contributed by atoms with E-state index < -0.39 is 15.8 Å². The normalized spacial score (nSPS) is 11.7. The van der Waals surface area contributed by atoms with Crippen LogP contribution in [0, 0.1) is 12.7 Å². The van der Waals surface area contributed by atoms with Gasteiger partial charge in [-0.2, -0.15) is 0 Å². The lowest BCUT2D eigenvalue weighted by molar-refractivity contribution is 0.582. The fraction of sp³-hybridized carbons (Fsp3) is 0.333. The Balaban J connectivity index is 3.00. The van der Waals surface area contributed by atoms with Crippen LogP contribution in [0.5, 0.6) is 0 Å². The van der Waals surface area contributed by atoms with E-state index in [4.69, 9.17) is 11.6 Å². The predicted molar refractivity (Wildman–Crippen MR) is 57.0 cm³/mol. The van der Waals surface area contributed by atoms with Gasteiger partial charge in [0.1, 0.15) is 5.82 Å². The van der Waals surface area contributed by atoms with Crippen LogP contribution in [0.25, 0.3) is 0 Å². The number of halogens is 2. The lowest BCUT2D eigenvalue weighted by Gasteiger charge is -2.06. The minimum atomic E-state index is -3.56. The largest absolute Gasteiger partial charge is 0.240 e. The number of aryl methyl sites for hydroxylation is 1. The van der Waals surface area contributed by atoms with Crippen molar-refractivity contribution in [2.75, 3.05) is 12.4 Å². The monoisotopic (exact) mass is 251 g/mol. The van der Waals surface area contributed by atoms with Crippen molar-refractivity contribution < 1.29 is 12.8 Å². The average Bonchev–Trinajstić information content (AvgIpc) is 2.19. The molecule has 1 aromatic carbocycles. The first-order chi connectivity index (χ1) is 6.97. The van der Waals surface area contributed by atoms with Crippen LogP contribution in [-0.2, 0) is 10.0 Å². The maximum atomic E-state index is 12.9. The van der Waals surface area contributed by atoms with Gasteiger partial charge in [0.25, 0.3) is 0 Å². The summed E-state index contributed by atoms with van der Waals surface area (Å²) in [5.41, 5.74) is 0.295. The molecule has 1 N–H and O–H groups in total. The maximum Gasteiger partial charge on any atom is 0.240 e. The highest BCUT2D eigenvalue weighted by atomic mass is 35.5. The smallest absolute Gasteiger partial charge is 0.210 e. The molecule has 84 valence electrons. The van der Waals surface area contributed by atoms with Crippen molar-refractivity contribution in [2.24, 2.45) is 0 Å². The maximum absolute atomic E-state index is 12.9. The molecule has 1 aromatic rings. The van der Waals surface area contributed by atoms with Crippen molar-refractivity contribution >= 4 is 21.6 Å². The van der Waals surface area contributed by atoms with Crippen LogP contribution in [0.4, 0.5) is 4.39 Å². The third-order valence-corrected chi connectivity index (χ3v) is 3.47. The molecule has 0 saturated heterocycles. The number of hydrogen-bond donors (Lipinski definition) is 1. The van der Waals surface area contributed by atoms with Crippen molar-refractivity contribution in [1.29, 1.82) is 0 Å². The van der Waals surface area contributed by atoms with Gasteiger partial charge in [-0.1, -0.05) is 0 Å². The molecule has 0 radical (unpaired) electrons. The Morgan fingerprint density at radius 1 is 1.47 bits per heavy atom. The second-order valence-corrected chi connectivity index (χ2v) is 5.14. The summed E-state index contributed by atoms with van der Waals surface area (Å²) in [4.78, 5) is 0.0477. The molecule has 0 spiro atoms. The number of alkyl halides is 1. The van der Waals surface area contributed by atoms with Crippen LogP contribution in [-0.4, -0.2) is 20.8 Å². The second-order valence-electron chi connectivity index (χ2n) is 3.00. The molecule has 6 heteroatoms. The Bertz CT molecular complexity index is 447. The average molecular weight is 252 g/mol. The van der Waals surface area contributed by atoms with E-state index in [9.17, 15) is 12.8 Å². The van der Waals surface area contributed by atoms with E-state index in [1.807, 2.05) is 0 Å². The quantitative estimate of drug-likeness (QED) is 0.828. The first-order valence-corrected chi connectivity index (χ1v) is 6.31. The van der Waals surface area contributed by atoms with Gasteiger partial charge in [0.2, 0.25) is 10.0 Å². The summed E-state index contributed by atoms with van der Waals surface area (Å²) in [5.74, 6) is -0.231. The highest BCUT2D eigenvalue weighted by Crippen LogP contribution is 2.13. The van der Waals surface area contributed by atoms with Gasteiger partial charge in [-0.05, 0) is 30.7 Å². The lowest BCUT2D eigenvalue weighted by Crippen LogP contribution is -2.25. The molecule has 0 atom stereocenters. The van der Waals surface area contributed by atoms with Crippen LogP contribution in [0.1, 0.15) is 5.56 Å². The van der Waals surface area contributed by atoms with E-state index in [2.05, 4.69) is 4.72 Å². The SMILES string of the molecule is Cc1cc(S(=O)(=O)NCCCl)ccc1F. The van der Waals surface area contributed by atoms with Gasteiger partial charge in [-0.15, -0.1) is 11.6 Å². The van der Waals surface area contributed by atoms with E-state index in [0.29, 0.717) is 5.56 Å². The predicted octanol–water partition coefficient (Wildman–Crippen LogP) is 1.65. The van der Waals surface area contributed by atoms with Gasteiger partial charge in [0.15, 0.2) is 0 Å². The number of nitrogens with one attached hydrogen (secondary N) is 1. The molecule has 0 aliphatic heterocycles. The number of benzene rings is 1. The molecule has 1 rings (SSSR count). The molecule has 0 aliphatic rings. The molecule has 15 heavy (non-hydrogen) atoms. The van der Waals surface area contributed by atoms with E-state index >= 15 is 0 Å². The lowest BCUT2D eigenvalue weighted by atomic mass is 10.2. The molecule has 0 amide bonds. The minimum Gasteiger partial charge on any atom is -0.210 e. The van der Waals surface area contributed by atoms with Crippen LogP contribution >= 0.6 is 11.6 Å². The Morgan fingerprint density at radius 3 is 2.67 bits per heavy atom. The Morgan fingerprint density at radius 2 is 2.13 bits per heavy atom. The molecule has 0 unspecified atom stereocenters. The summed E-state index contributed by atoms with van der Waals surface area (Å²) < 4.78 is 38.3. The van der Waals surface area contributed by atoms with Crippen LogP contribution in [0.2, 0.25) is 0 Å². The van der Waals surface area contributed by atoms with Gasteiger partial charge in [-0.25, -0.2) is 17.5 Å². The van der Waals surface area contributed by atoms with Crippen molar-refractivity contribution in [2.45, 2.75) is 11.8 Å². The standard InChI is InChI=1S/C9H11ClFNO2S/c1-7-6-8(2-3-9(7)11)15(13,14)12-5-4-10/h2-3,6,12H,4-5H2,1H3. The zero-order valence-corrected chi connectivity index (χ0v) is 9.70. The topological polar surface area (TPSA) is 46.2 Å². The van der Waals surface area contributed by atoms with Gasteiger partial charge in [0, 0.05) is 12.4 Å². The minimum absolute atomic E-state index is 0.0477. The van der Waals surface area contributed by atoms with Crippen LogP contribution < -0.4 is 4.72 Å². The van der Waals surface area contributed by atoms with E-state index in [1.165, 1.54) is 19.1 Å². The van der Waals surface area contributed by atoms with Crippen molar-refractivity contribution in [3.8, 4) is 0 Å². The zero-order chi connectivity index (χ0) is 11.5. The molecule has 3 nitrogen and oxygen atoms in total.